The summed E-state index contributed by atoms with van der Waals surface area (Å²) in [6, 6.07) is 11.3. The first-order valence-corrected chi connectivity index (χ1v) is 9.17. The lowest BCUT2D eigenvalue weighted by atomic mass is 10.3. The summed E-state index contributed by atoms with van der Waals surface area (Å²) in [4.78, 5) is 4.58. The highest BCUT2D eigenvalue weighted by Crippen LogP contribution is 2.34. The molecular formula is C19H22N6O3. The van der Waals surface area contributed by atoms with Gasteiger partial charge in [0.1, 0.15) is 18.9 Å². The van der Waals surface area contributed by atoms with E-state index in [1.165, 1.54) is 0 Å². The van der Waals surface area contributed by atoms with Crippen LogP contribution in [0.15, 0.2) is 47.6 Å². The first kappa shape index (κ1) is 17.9. The second-order valence-electron chi connectivity index (χ2n) is 6.03. The summed E-state index contributed by atoms with van der Waals surface area (Å²) in [5.74, 6) is 3.67. The van der Waals surface area contributed by atoms with Crippen molar-refractivity contribution in [2.45, 2.75) is 13.5 Å². The Bertz CT molecular complexity index is 971. The van der Waals surface area contributed by atoms with E-state index in [0.717, 1.165) is 29.5 Å². The Kier molecular flexibility index (Phi) is 5.41. The van der Waals surface area contributed by atoms with Crippen LogP contribution in [0.5, 0.6) is 17.2 Å². The van der Waals surface area contributed by atoms with Gasteiger partial charge < -0.3 is 24.8 Å². The van der Waals surface area contributed by atoms with Gasteiger partial charge in [0.15, 0.2) is 28.9 Å². The minimum Gasteiger partial charge on any atom is -0.492 e. The number of fused-ring (bicyclic) bond motifs is 2. The van der Waals surface area contributed by atoms with Crippen molar-refractivity contribution in [1.29, 1.82) is 0 Å². The summed E-state index contributed by atoms with van der Waals surface area (Å²) < 4.78 is 18.3. The maximum Gasteiger partial charge on any atom is 0.231 e. The molecular weight excluding hydrogens is 360 g/mol. The summed E-state index contributed by atoms with van der Waals surface area (Å²) in [5, 5.41) is 14.8. The lowest BCUT2D eigenvalue weighted by Gasteiger charge is -2.12. The van der Waals surface area contributed by atoms with Gasteiger partial charge in [0.2, 0.25) is 6.79 Å². The van der Waals surface area contributed by atoms with E-state index in [9.17, 15) is 0 Å². The molecule has 3 aromatic rings. The minimum atomic E-state index is 0.254. The van der Waals surface area contributed by atoms with Crippen LogP contribution in [0.3, 0.4) is 0 Å². The predicted molar refractivity (Wildman–Crippen MR) is 104 cm³/mol. The molecule has 0 radical (unpaired) electrons. The van der Waals surface area contributed by atoms with E-state index in [2.05, 4.69) is 25.8 Å². The van der Waals surface area contributed by atoms with E-state index in [-0.39, 0.29) is 6.79 Å². The van der Waals surface area contributed by atoms with Gasteiger partial charge in [-0.3, -0.25) is 4.40 Å². The van der Waals surface area contributed by atoms with Crippen LogP contribution in [0, 0.1) is 0 Å². The van der Waals surface area contributed by atoms with Crippen LogP contribution in [0.4, 0.5) is 0 Å². The fourth-order valence-electron chi connectivity index (χ4n) is 2.80. The zero-order valence-electron chi connectivity index (χ0n) is 15.6. The lowest BCUT2D eigenvalue weighted by molar-refractivity contribution is 0.173. The van der Waals surface area contributed by atoms with Crippen LogP contribution in [0.2, 0.25) is 0 Å². The number of nitrogens with one attached hydrogen (secondary N) is 2. The molecule has 2 N–H and O–H groups in total. The third kappa shape index (κ3) is 4.08. The fraction of sp³-hybridized carbons (Fsp3) is 0.316. The quantitative estimate of drug-likeness (QED) is 0.364. The fourth-order valence-corrected chi connectivity index (χ4v) is 2.80. The number of aromatic nitrogens is 3. The minimum absolute atomic E-state index is 0.254. The van der Waals surface area contributed by atoms with Gasteiger partial charge in [-0.2, -0.15) is 0 Å². The molecule has 0 fully saturated rings. The highest BCUT2D eigenvalue weighted by Gasteiger charge is 2.13. The van der Waals surface area contributed by atoms with E-state index in [1.54, 1.807) is 0 Å². The monoisotopic (exact) mass is 382 g/mol. The number of hydrogen-bond donors (Lipinski definition) is 2. The Balaban J connectivity index is 1.30. The Morgan fingerprint density at radius 2 is 2.11 bits per heavy atom. The van der Waals surface area contributed by atoms with Gasteiger partial charge in [0.05, 0.1) is 6.54 Å². The maximum atomic E-state index is 5.76. The number of pyridine rings is 1. The molecule has 1 aromatic carbocycles. The van der Waals surface area contributed by atoms with Crippen LogP contribution in [0.25, 0.3) is 5.65 Å². The summed E-state index contributed by atoms with van der Waals surface area (Å²) in [5.41, 5.74) is 0.808. The molecule has 0 bridgehead atoms. The van der Waals surface area contributed by atoms with Gasteiger partial charge in [-0.05, 0) is 31.2 Å². The van der Waals surface area contributed by atoms with Gasteiger partial charge in [-0.15, -0.1) is 10.2 Å². The molecule has 9 nitrogen and oxygen atoms in total. The zero-order chi connectivity index (χ0) is 19.2. The third-order valence-electron chi connectivity index (χ3n) is 4.11. The summed E-state index contributed by atoms with van der Waals surface area (Å²) >= 11 is 0. The van der Waals surface area contributed by atoms with Crippen molar-refractivity contribution >= 4 is 11.6 Å². The van der Waals surface area contributed by atoms with Crippen molar-refractivity contribution in [3.8, 4) is 17.2 Å². The second kappa shape index (κ2) is 8.47. The number of nitrogens with zero attached hydrogens (tertiary/aromatic N) is 4. The van der Waals surface area contributed by atoms with Gasteiger partial charge in [0, 0.05) is 18.8 Å². The highest BCUT2D eigenvalue weighted by molar-refractivity contribution is 5.79. The summed E-state index contributed by atoms with van der Waals surface area (Å²) in [6.45, 7) is 4.54. The van der Waals surface area contributed by atoms with Gasteiger partial charge in [0.25, 0.3) is 0 Å². The zero-order valence-corrected chi connectivity index (χ0v) is 15.6. The molecule has 146 valence electrons. The van der Waals surface area contributed by atoms with Crippen LogP contribution in [0.1, 0.15) is 12.7 Å². The molecule has 0 amide bonds. The Morgan fingerprint density at radius 3 is 3.04 bits per heavy atom. The second-order valence-corrected chi connectivity index (χ2v) is 6.03. The largest absolute Gasteiger partial charge is 0.492 e. The van der Waals surface area contributed by atoms with Crippen molar-refractivity contribution < 1.29 is 14.2 Å². The van der Waals surface area contributed by atoms with E-state index >= 15 is 0 Å². The van der Waals surface area contributed by atoms with E-state index in [4.69, 9.17) is 14.2 Å². The molecule has 2 aromatic heterocycles. The van der Waals surface area contributed by atoms with Crippen molar-refractivity contribution in [2.75, 3.05) is 26.5 Å². The van der Waals surface area contributed by atoms with Crippen LogP contribution < -0.4 is 24.8 Å². The SMILES string of the molecule is CCNC(=NCc1nnc2ccccn12)NCCOc1ccc2c(c1)OCO2. The molecule has 9 heteroatoms. The van der Waals surface area contributed by atoms with Crippen molar-refractivity contribution in [2.24, 2.45) is 4.99 Å². The molecule has 3 heterocycles. The Morgan fingerprint density at radius 1 is 1.18 bits per heavy atom. The molecule has 0 unspecified atom stereocenters. The number of rotatable bonds is 7. The van der Waals surface area contributed by atoms with Crippen molar-refractivity contribution in [1.82, 2.24) is 25.2 Å². The molecule has 0 spiro atoms. The molecule has 0 atom stereocenters. The molecule has 4 rings (SSSR count). The van der Waals surface area contributed by atoms with Crippen molar-refractivity contribution in [3.63, 3.8) is 0 Å². The van der Waals surface area contributed by atoms with Crippen LogP contribution in [-0.4, -0.2) is 47.0 Å². The molecule has 1 aliphatic heterocycles. The molecule has 0 saturated heterocycles. The molecule has 0 saturated carbocycles. The first-order valence-electron chi connectivity index (χ1n) is 9.17. The Labute approximate surface area is 162 Å². The number of ether oxygens (including phenoxy) is 3. The van der Waals surface area contributed by atoms with E-state index < -0.39 is 0 Å². The lowest BCUT2D eigenvalue weighted by Crippen LogP contribution is -2.39. The maximum absolute atomic E-state index is 5.76. The number of benzene rings is 1. The van der Waals surface area contributed by atoms with Gasteiger partial charge >= 0.3 is 0 Å². The summed E-state index contributed by atoms with van der Waals surface area (Å²) in [7, 11) is 0. The molecule has 1 aliphatic rings. The van der Waals surface area contributed by atoms with Gasteiger partial charge in [-0.1, -0.05) is 6.07 Å². The molecule has 28 heavy (non-hydrogen) atoms. The first-order chi connectivity index (χ1) is 13.8. The highest BCUT2D eigenvalue weighted by atomic mass is 16.7. The van der Waals surface area contributed by atoms with E-state index in [0.29, 0.717) is 31.4 Å². The number of guanidine groups is 1. The standard InChI is InChI=1S/C19H22N6O3/c1-2-20-19(22-12-18-24-23-17-5-3-4-9-25(17)18)21-8-10-26-14-6-7-15-16(11-14)28-13-27-15/h3-7,9,11H,2,8,10,12-13H2,1H3,(H2,20,21,22). The van der Waals surface area contributed by atoms with Crippen LogP contribution in [-0.2, 0) is 6.54 Å². The Hall–Kier alpha value is -3.49. The normalized spacial score (nSPS) is 13.0. The average Bonchev–Trinajstić information content (AvgIpc) is 3.35. The summed E-state index contributed by atoms with van der Waals surface area (Å²) in [6.07, 6.45) is 1.93. The van der Waals surface area contributed by atoms with E-state index in [1.807, 2.05) is 53.9 Å². The number of hydrogen-bond acceptors (Lipinski definition) is 6. The van der Waals surface area contributed by atoms with Gasteiger partial charge in [-0.25, -0.2) is 4.99 Å². The number of aliphatic imine (C=N–C) groups is 1. The van der Waals surface area contributed by atoms with Crippen LogP contribution >= 0.6 is 0 Å². The predicted octanol–water partition coefficient (Wildman–Crippen LogP) is 1.59. The average molecular weight is 382 g/mol. The smallest absolute Gasteiger partial charge is 0.231 e. The van der Waals surface area contributed by atoms with Crippen molar-refractivity contribution in [3.05, 3.63) is 48.4 Å². The third-order valence-corrected chi connectivity index (χ3v) is 4.11. The topological polar surface area (TPSA) is 94.3 Å². The molecule has 0 aliphatic carbocycles.